The molecule has 0 bridgehead atoms. The Morgan fingerprint density at radius 1 is 1.12 bits per heavy atom. The van der Waals surface area contributed by atoms with Crippen LogP contribution in [0.15, 0.2) is 24.3 Å². The number of halogens is 3. The molecule has 0 aromatic heterocycles. The zero-order chi connectivity index (χ0) is 23.6. The fourth-order valence-electron chi connectivity index (χ4n) is 5.29. The van der Waals surface area contributed by atoms with E-state index in [2.05, 4.69) is 10.2 Å². The second-order valence-corrected chi connectivity index (χ2v) is 9.17. The second-order valence-electron chi connectivity index (χ2n) is 9.17. The normalized spacial score (nSPS) is 29.5. The number of carbonyl (C=O) groups is 1. The van der Waals surface area contributed by atoms with Gasteiger partial charge in [-0.25, -0.2) is 0 Å². The largest absolute Gasteiger partial charge is 0.416 e. The average Bonchev–Trinajstić information content (AvgIpc) is 3.45. The summed E-state index contributed by atoms with van der Waals surface area (Å²) in [4.78, 5) is 16.4. The number of hydrogen-bond acceptors (Lipinski definition) is 6. The number of ether oxygens (including phenoxy) is 1. The van der Waals surface area contributed by atoms with Crippen molar-refractivity contribution in [3.05, 3.63) is 29.8 Å². The third kappa shape index (κ3) is 5.45. The molecule has 0 radical (unpaired) electrons. The zero-order valence-electron chi connectivity index (χ0n) is 18.5. The Morgan fingerprint density at radius 3 is 2.45 bits per heavy atom. The highest BCUT2D eigenvalue weighted by Crippen LogP contribution is 2.33. The van der Waals surface area contributed by atoms with Crippen LogP contribution in [0, 0.1) is 5.92 Å². The number of anilines is 1. The third-order valence-electron chi connectivity index (χ3n) is 7.12. The van der Waals surface area contributed by atoms with Crippen LogP contribution in [0.25, 0.3) is 0 Å². The summed E-state index contributed by atoms with van der Waals surface area (Å²) in [5.74, 6) is 0.0329. The molecule has 184 valence electrons. The van der Waals surface area contributed by atoms with Crippen molar-refractivity contribution >= 4 is 11.6 Å². The van der Waals surface area contributed by atoms with E-state index in [0.717, 1.165) is 37.8 Å². The molecule has 2 saturated heterocycles. The molecule has 2 heterocycles. The van der Waals surface area contributed by atoms with E-state index in [0.29, 0.717) is 31.9 Å². The minimum atomic E-state index is -4.39. The van der Waals surface area contributed by atoms with Crippen LogP contribution in [-0.2, 0) is 15.7 Å². The zero-order valence-corrected chi connectivity index (χ0v) is 18.5. The number of rotatable bonds is 6. The summed E-state index contributed by atoms with van der Waals surface area (Å²) in [6.45, 7) is 1.96. The Balaban J connectivity index is 1.38. The second kappa shape index (κ2) is 10.2. The smallest absolute Gasteiger partial charge is 0.394 e. The molecule has 10 heteroatoms. The monoisotopic (exact) mass is 471 g/mol. The van der Waals surface area contributed by atoms with Crippen molar-refractivity contribution in [1.82, 2.24) is 10.2 Å². The summed E-state index contributed by atoms with van der Waals surface area (Å²) < 4.78 is 45.1. The van der Waals surface area contributed by atoms with Crippen LogP contribution >= 0.6 is 0 Å². The van der Waals surface area contributed by atoms with E-state index in [-0.39, 0.29) is 25.0 Å². The Labute approximate surface area is 191 Å². The van der Waals surface area contributed by atoms with Crippen molar-refractivity contribution in [3.63, 3.8) is 0 Å². The maximum Gasteiger partial charge on any atom is 0.416 e. The van der Waals surface area contributed by atoms with Crippen LogP contribution in [0.2, 0.25) is 0 Å². The first-order valence-corrected chi connectivity index (χ1v) is 11.7. The molecule has 0 spiro atoms. The Kier molecular flexibility index (Phi) is 7.47. The molecule has 2 aliphatic heterocycles. The Bertz CT molecular complexity index is 810. The van der Waals surface area contributed by atoms with Gasteiger partial charge in [0.1, 0.15) is 12.2 Å². The lowest BCUT2D eigenvalue weighted by Crippen LogP contribution is -2.57. The highest BCUT2D eigenvalue weighted by Gasteiger charge is 2.47. The number of carbonyl (C=O) groups excluding carboxylic acids is 1. The Hall–Kier alpha value is -1.88. The van der Waals surface area contributed by atoms with E-state index >= 15 is 0 Å². The fourth-order valence-corrected chi connectivity index (χ4v) is 5.29. The van der Waals surface area contributed by atoms with Crippen LogP contribution in [0.1, 0.15) is 31.2 Å². The number of alkyl halides is 3. The van der Waals surface area contributed by atoms with E-state index in [1.807, 2.05) is 4.90 Å². The topological polar surface area (TPSA) is 85.3 Å². The van der Waals surface area contributed by atoms with Crippen molar-refractivity contribution in [2.45, 2.75) is 56.2 Å². The van der Waals surface area contributed by atoms with Gasteiger partial charge in [0.2, 0.25) is 5.91 Å². The highest BCUT2D eigenvalue weighted by molar-refractivity contribution is 5.78. The number of nitrogens with zero attached hydrogens (tertiary/aromatic N) is 2. The van der Waals surface area contributed by atoms with Gasteiger partial charge in [-0.15, -0.1) is 0 Å². The van der Waals surface area contributed by atoms with Gasteiger partial charge in [0.25, 0.3) is 0 Å². The highest BCUT2D eigenvalue weighted by atomic mass is 19.4. The van der Waals surface area contributed by atoms with Crippen molar-refractivity contribution in [1.29, 1.82) is 0 Å². The molecule has 1 aliphatic carbocycles. The van der Waals surface area contributed by atoms with Gasteiger partial charge < -0.3 is 25.2 Å². The van der Waals surface area contributed by atoms with Crippen molar-refractivity contribution in [2.24, 2.45) is 5.92 Å². The number of amides is 1. The van der Waals surface area contributed by atoms with Crippen molar-refractivity contribution < 1.29 is 32.9 Å². The van der Waals surface area contributed by atoms with E-state index in [1.165, 1.54) is 6.07 Å². The third-order valence-corrected chi connectivity index (χ3v) is 7.12. The van der Waals surface area contributed by atoms with E-state index in [9.17, 15) is 28.2 Å². The van der Waals surface area contributed by atoms with Crippen LogP contribution in [0.3, 0.4) is 0 Å². The standard InChI is InChI=1S/C23H32F3N3O4/c24-23(25,26)16-6-3-7-17(12-16)28-8-10-29(11-9-28)20-18(33-19(14-30)21(20)31)13-27-22(32)15-4-1-2-5-15/h3,6-7,12,15,18-21,30-31H,1-2,4-5,8-11,13-14H2,(H,27,32). The first-order valence-electron chi connectivity index (χ1n) is 11.7. The number of aliphatic hydroxyl groups is 2. The summed E-state index contributed by atoms with van der Waals surface area (Å²) in [6, 6.07) is 4.89. The van der Waals surface area contributed by atoms with Gasteiger partial charge in [-0.05, 0) is 31.0 Å². The van der Waals surface area contributed by atoms with Gasteiger partial charge in [-0.3, -0.25) is 9.69 Å². The summed E-state index contributed by atoms with van der Waals surface area (Å²) in [6.07, 6.45) is -2.61. The maximum absolute atomic E-state index is 13.1. The quantitative estimate of drug-likeness (QED) is 0.585. The number of aliphatic hydroxyl groups excluding tert-OH is 2. The van der Waals surface area contributed by atoms with E-state index in [1.54, 1.807) is 6.07 Å². The minimum Gasteiger partial charge on any atom is -0.394 e. The molecule has 33 heavy (non-hydrogen) atoms. The maximum atomic E-state index is 13.1. The molecular weight excluding hydrogens is 439 g/mol. The van der Waals surface area contributed by atoms with E-state index < -0.39 is 36.1 Å². The van der Waals surface area contributed by atoms with Gasteiger partial charge in [-0.2, -0.15) is 13.2 Å². The van der Waals surface area contributed by atoms with Crippen LogP contribution in [-0.4, -0.2) is 84.7 Å². The molecule has 1 aromatic rings. The molecule has 1 saturated carbocycles. The van der Waals surface area contributed by atoms with Crippen molar-refractivity contribution in [2.75, 3.05) is 44.2 Å². The molecule has 3 N–H and O–H groups in total. The number of benzene rings is 1. The summed E-state index contributed by atoms with van der Waals surface area (Å²) in [5, 5.41) is 23.3. The lowest BCUT2D eigenvalue weighted by Gasteiger charge is -2.41. The number of nitrogens with one attached hydrogen (secondary N) is 1. The van der Waals surface area contributed by atoms with Gasteiger partial charge in [0, 0.05) is 44.3 Å². The minimum absolute atomic E-state index is 0.00570. The first-order chi connectivity index (χ1) is 15.8. The van der Waals surface area contributed by atoms with Gasteiger partial charge in [0.05, 0.1) is 24.3 Å². The molecule has 1 amide bonds. The lowest BCUT2D eigenvalue weighted by molar-refractivity contribution is -0.137. The average molecular weight is 472 g/mol. The van der Waals surface area contributed by atoms with Gasteiger partial charge >= 0.3 is 6.18 Å². The molecular formula is C23H32F3N3O4. The van der Waals surface area contributed by atoms with Crippen LogP contribution in [0.5, 0.6) is 0 Å². The SMILES string of the molecule is O=C(NCC1OC(CO)C(O)C1N1CCN(c2cccc(C(F)(F)F)c2)CC1)C1CCCC1. The molecule has 4 atom stereocenters. The molecule has 1 aromatic carbocycles. The fraction of sp³-hybridized carbons (Fsp3) is 0.696. The summed E-state index contributed by atoms with van der Waals surface area (Å²) in [5.41, 5.74) is -0.160. The van der Waals surface area contributed by atoms with Gasteiger partial charge in [0.15, 0.2) is 0 Å². The van der Waals surface area contributed by atoms with Crippen LogP contribution in [0.4, 0.5) is 18.9 Å². The van der Waals surface area contributed by atoms with Crippen LogP contribution < -0.4 is 10.2 Å². The van der Waals surface area contributed by atoms with E-state index in [4.69, 9.17) is 4.74 Å². The molecule has 7 nitrogen and oxygen atoms in total. The summed E-state index contributed by atoms with van der Waals surface area (Å²) >= 11 is 0. The predicted molar refractivity (Wildman–Crippen MR) is 116 cm³/mol. The Morgan fingerprint density at radius 2 is 1.82 bits per heavy atom. The molecule has 4 rings (SSSR count). The molecule has 3 aliphatic rings. The summed E-state index contributed by atoms with van der Waals surface area (Å²) in [7, 11) is 0. The number of hydrogen-bond donors (Lipinski definition) is 3. The van der Waals surface area contributed by atoms with Crippen molar-refractivity contribution in [3.8, 4) is 0 Å². The van der Waals surface area contributed by atoms with Gasteiger partial charge in [-0.1, -0.05) is 18.9 Å². The molecule has 4 unspecified atom stereocenters. The lowest BCUT2D eigenvalue weighted by atomic mass is 10.0. The molecule has 3 fully saturated rings. The number of piperazine rings is 1. The predicted octanol–water partition coefficient (Wildman–Crippen LogP) is 1.62. The first kappa shape index (κ1) is 24.3.